The van der Waals surface area contributed by atoms with Crippen molar-refractivity contribution in [3.63, 3.8) is 0 Å². The third kappa shape index (κ3) is 3.08. The maximum Gasteiger partial charge on any atom is 0.205 e. The number of aryl methyl sites for hydroxylation is 1. The van der Waals surface area contributed by atoms with Crippen LogP contribution in [0.1, 0.15) is 28.6 Å². The van der Waals surface area contributed by atoms with Crippen LogP contribution in [0.3, 0.4) is 0 Å². The third-order valence-electron chi connectivity index (χ3n) is 2.99. The van der Waals surface area contributed by atoms with E-state index in [1.165, 1.54) is 18.3 Å². The molecule has 0 bridgehead atoms. The van der Waals surface area contributed by atoms with E-state index in [2.05, 4.69) is 0 Å². The van der Waals surface area contributed by atoms with Gasteiger partial charge in [-0.05, 0) is 18.6 Å². The summed E-state index contributed by atoms with van der Waals surface area (Å²) in [6.45, 7) is 3.04. The first kappa shape index (κ1) is 14.3. The molecular formula is C16H14O3S. The van der Waals surface area contributed by atoms with Gasteiger partial charge in [0.15, 0.2) is 11.6 Å². The lowest BCUT2D eigenvalue weighted by atomic mass is 10.0. The molecule has 3 nitrogen and oxygen atoms in total. The second-order valence-corrected chi connectivity index (χ2v) is 5.78. The van der Waals surface area contributed by atoms with Gasteiger partial charge >= 0.3 is 0 Å². The highest BCUT2D eigenvalue weighted by Crippen LogP contribution is 2.31. The normalized spacial score (nSPS) is 10.3. The van der Waals surface area contributed by atoms with Crippen molar-refractivity contribution in [1.29, 1.82) is 0 Å². The van der Waals surface area contributed by atoms with Gasteiger partial charge in [0.2, 0.25) is 5.78 Å². The van der Waals surface area contributed by atoms with Crippen molar-refractivity contribution in [3.8, 4) is 10.4 Å². The van der Waals surface area contributed by atoms with Crippen LogP contribution in [0, 0.1) is 6.92 Å². The molecule has 0 aliphatic heterocycles. The second-order valence-electron chi connectivity index (χ2n) is 4.53. The van der Waals surface area contributed by atoms with Crippen LogP contribution in [0.4, 0.5) is 0 Å². The van der Waals surface area contributed by atoms with Gasteiger partial charge in [0.1, 0.15) is 0 Å². The molecule has 0 spiro atoms. The molecule has 0 saturated carbocycles. The van der Waals surface area contributed by atoms with Crippen molar-refractivity contribution in [2.75, 3.05) is 0 Å². The Morgan fingerprint density at radius 2 is 1.75 bits per heavy atom. The van der Waals surface area contributed by atoms with E-state index >= 15 is 0 Å². The fraction of sp³-hybridized carbons (Fsp3) is 0.188. The average Bonchev–Trinajstić information content (AvgIpc) is 2.81. The molecule has 4 heteroatoms. The summed E-state index contributed by atoms with van der Waals surface area (Å²) < 4.78 is 0. The minimum atomic E-state index is -0.637. The van der Waals surface area contributed by atoms with Crippen molar-refractivity contribution < 1.29 is 14.4 Å². The van der Waals surface area contributed by atoms with E-state index in [0.717, 1.165) is 15.3 Å². The minimum absolute atomic E-state index is 0.291. The second kappa shape index (κ2) is 5.92. The highest BCUT2D eigenvalue weighted by Gasteiger charge is 2.19. The smallest absolute Gasteiger partial charge is 0.205 e. The number of hydrogen-bond acceptors (Lipinski definition) is 4. The molecule has 1 heterocycles. The van der Waals surface area contributed by atoms with E-state index < -0.39 is 11.6 Å². The molecule has 0 aliphatic carbocycles. The SMILES string of the molecule is CC(=O)C(=O)CC(=O)c1cc(-c2ccccc2)sc1C. The van der Waals surface area contributed by atoms with Gasteiger partial charge in [0.05, 0.1) is 6.42 Å². The molecule has 0 fully saturated rings. The van der Waals surface area contributed by atoms with Gasteiger partial charge in [-0.25, -0.2) is 0 Å². The standard InChI is InChI=1S/C16H14O3S/c1-10(17)14(18)9-15(19)13-8-16(20-11(13)2)12-6-4-3-5-7-12/h3-8H,9H2,1-2H3. The number of Topliss-reactive ketones (excluding diaryl/α,β-unsaturated/α-hetero) is 3. The van der Waals surface area contributed by atoms with Gasteiger partial charge in [-0.3, -0.25) is 14.4 Å². The number of ketones is 3. The molecule has 0 saturated heterocycles. The molecule has 0 unspecified atom stereocenters. The largest absolute Gasteiger partial charge is 0.294 e. The molecule has 1 aromatic heterocycles. The lowest BCUT2D eigenvalue weighted by molar-refractivity contribution is -0.134. The highest BCUT2D eigenvalue weighted by atomic mass is 32.1. The van der Waals surface area contributed by atoms with E-state index in [-0.39, 0.29) is 12.2 Å². The summed E-state index contributed by atoms with van der Waals surface area (Å²) in [5.41, 5.74) is 1.57. The Bertz CT molecular complexity index is 668. The average molecular weight is 286 g/mol. The summed E-state index contributed by atoms with van der Waals surface area (Å²) in [7, 11) is 0. The summed E-state index contributed by atoms with van der Waals surface area (Å²) in [5.74, 6) is -1.50. The summed E-state index contributed by atoms with van der Waals surface area (Å²) in [5, 5.41) is 0. The Kier molecular flexibility index (Phi) is 4.25. The molecule has 0 aliphatic rings. The molecule has 0 radical (unpaired) electrons. The van der Waals surface area contributed by atoms with Crippen molar-refractivity contribution >= 4 is 28.7 Å². The van der Waals surface area contributed by atoms with Crippen molar-refractivity contribution in [2.24, 2.45) is 0 Å². The predicted octanol–water partition coefficient (Wildman–Crippen LogP) is 3.45. The summed E-state index contributed by atoms with van der Waals surface area (Å²) in [4.78, 5) is 36.2. The van der Waals surface area contributed by atoms with Crippen molar-refractivity contribution in [2.45, 2.75) is 20.3 Å². The topological polar surface area (TPSA) is 51.2 Å². The summed E-state index contributed by atoms with van der Waals surface area (Å²) in [6.07, 6.45) is -0.346. The zero-order chi connectivity index (χ0) is 14.7. The van der Waals surface area contributed by atoms with Crippen LogP contribution in [0.15, 0.2) is 36.4 Å². The fourth-order valence-electron chi connectivity index (χ4n) is 1.87. The maximum atomic E-state index is 12.1. The molecule has 20 heavy (non-hydrogen) atoms. The molecule has 2 rings (SSSR count). The number of benzene rings is 1. The number of carbonyl (C=O) groups excluding carboxylic acids is 3. The molecule has 1 aromatic carbocycles. The lowest BCUT2D eigenvalue weighted by Crippen LogP contribution is -2.15. The first-order valence-corrected chi connectivity index (χ1v) is 7.03. The molecule has 0 N–H and O–H groups in total. The number of carbonyl (C=O) groups is 3. The van der Waals surface area contributed by atoms with Crippen LogP contribution in [-0.2, 0) is 9.59 Å². The molecule has 102 valence electrons. The van der Waals surface area contributed by atoms with Gasteiger partial charge < -0.3 is 0 Å². The summed E-state index contributed by atoms with van der Waals surface area (Å²) >= 11 is 1.51. The quantitative estimate of drug-likeness (QED) is 0.480. The highest BCUT2D eigenvalue weighted by molar-refractivity contribution is 7.15. The van der Waals surface area contributed by atoms with Gasteiger partial charge in [-0.15, -0.1) is 11.3 Å². The molecule has 0 atom stereocenters. The third-order valence-corrected chi connectivity index (χ3v) is 4.09. The first-order valence-electron chi connectivity index (χ1n) is 6.22. The molecular weight excluding hydrogens is 272 g/mol. The van der Waals surface area contributed by atoms with E-state index in [1.54, 1.807) is 6.07 Å². The lowest BCUT2D eigenvalue weighted by Gasteiger charge is -1.97. The fourth-order valence-corrected chi connectivity index (χ4v) is 2.91. The van der Waals surface area contributed by atoms with Gasteiger partial charge in [-0.1, -0.05) is 30.3 Å². The van der Waals surface area contributed by atoms with Crippen LogP contribution in [0.2, 0.25) is 0 Å². The van der Waals surface area contributed by atoms with E-state index in [1.807, 2.05) is 37.3 Å². The minimum Gasteiger partial charge on any atom is -0.294 e. The van der Waals surface area contributed by atoms with E-state index in [4.69, 9.17) is 0 Å². The van der Waals surface area contributed by atoms with Crippen molar-refractivity contribution in [3.05, 3.63) is 46.8 Å². The van der Waals surface area contributed by atoms with Crippen LogP contribution in [0.25, 0.3) is 10.4 Å². The predicted molar refractivity (Wildman–Crippen MR) is 79.1 cm³/mol. The molecule has 0 amide bonds. The van der Waals surface area contributed by atoms with Gasteiger partial charge in [0, 0.05) is 22.2 Å². The molecule has 2 aromatic rings. The Labute approximate surface area is 121 Å². The Morgan fingerprint density at radius 1 is 1.10 bits per heavy atom. The number of hydrogen-bond donors (Lipinski definition) is 0. The first-order chi connectivity index (χ1) is 9.49. The maximum absolute atomic E-state index is 12.1. The monoisotopic (exact) mass is 286 g/mol. The van der Waals surface area contributed by atoms with Crippen LogP contribution in [0.5, 0.6) is 0 Å². The van der Waals surface area contributed by atoms with Crippen molar-refractivity contribution in [1.82, 2.24) is 0 Å². The Morgan fingerprint density at radius 3 is 2.35 bits per heavy atom. The summed E-state index contributed by atoms with van der Waals surface area (Å²) in [6, 6.07) is 11.5. The van der Waals surface area contributed by atoms with Gasteiger partial charge in [0.25, 0.3) is 0 Å². The number of thiophene rings is 1. The Hall–Kier alpha value is -2.07. The van der Waals surface area contributed by atoms with Crippen LogP contribution in [-0.4, -0.2) is 17.3 Å². The van der Waals surface area contributed by atoms with Gasteiger partial charge in [-0.2, -0.15) is 0 Å². The zero-order valence-electron chi connectivity index (χ0n) is 11.3. The van der Waals surface area contributed by atoms with Crippen LogP contribution < -0.4 is 0 Å². The van der Waals surface area contributed by atoms with Crippen LogP contribution >= 0.6 is 11.3 Å². The zero-order valence-corrected chi connectivity index (χ0v) is 12.1. The van der Waals surface area contributed by atoms with E-state index in [9.17, 15) is 14.4 Å². The Balaban J connectivity index is 2.26. The number of rotatable bonds is 5. The van der Waals surface area contributed by atoms with E-state index in [0.29, 0.717) is 5.56 Å².